The van der Waals surface area contributed by atoms with Gasteiger partial charge in [-0.2, -0.15) is 0 Å². The number of quaternary nitrogens is 1. The zero-order valence-corrected chi connectivity index (χ0v) is 16.4. The maximum atomic E-state index is 11.6. The Hall–Kier alpha value is -2.64. The van der Waals surface area contributed by atoms with Crippen LogP contribution in [0.15, 0.2) is 52.3 Å². The molecule has 2 aromatic heterocycles. The normalized spacial score (nSPS) is 16.6. The monoisotopic (exact) mass is 388 g/mol. The van der Waals surface area contributed by atoms with E-state index < -0.39 is 5.78 Å². The summed E-state index contributed by atoms with van der Waals surface area (Å²) < 4.78 is 2.61. The van der Waals surface area contributed by atoms with Crippen LogP contribution in [0.25, 0.3) is 5.52 Å². The summed E-state index contributed by atoms with van der Waals surface area (Å²) in [6.45, 7) is 1.77. The molecule has 0 bridgehead atoms. The van der Waals surface area contributed by atoms with Gasteiger partial charge in [0.1, 0.15) is 17.2 Å². The molecule has 3 rings (SSSR count). The van der Waals surface area contributed by atoms with E-state index in [1.807, 2.05) is 24.4 Å². The molecule has 142 valence electrons. The standard InChI is InChI=1S/C19H22ClN5O2/c1-25(2,3)10-6-8-21-19-18(15-7-4-5-9-24(15)23-19)22-14-11-13(20)16(26)12-17(14)27/h4-5,7,9,11-12H,6,8,10H2,1-3H3,(H-,21,23,26,27)/p+1/b22-14+. The predicted octanol–water partition coefficient (Wildman–Crippen LogP) is 3.06. The minimum atomic E-state index is -0.438. The van der Waals surface area contributed by atoms with Crippen molar-refractivity contribution >= 4 is 40.1 Å². The van der Waals surface area contributed by atoms with Crippen LogP contribution in [0.2, 0.25) is 0 Å². The van der Waals surface area contributed by atoms with Gasteiger partial charge in [-0.05, 0) is 18.2 Å². The van der Waals surface area contributed by atoms with Crippen molar-refractivity contribution in [2.75, 3.05) is 39.5 Å². The first-order valence-corrected chi connectivity index (χ1v) is 9.05. The summed E-state index contributed by atoms with van der Waals surface area (Å²) in [5.41, 5.74) is 1.60. The number of halogens is 1. The van der Waals surface area contributed by atoms with Gasteiger partial charge in [0.2, 0.25) is 5.78 Å². The first-order chi connectivity index (χ1) is 12.7. The van der Waals surface area contributed by atoms with Crippen LogP contribution in [0.4, 0.5) is 11.5 Å². The second-order valence-corrected chi connectivity index (χ2v) is 7.81. The Kier molecular flexibility index (Phi) is 5.34. The first-order valence-electron chi connectivity index (χ1n) is 8.67. The lowest BCUT2D eigenvalue weighted by Gasteiger charge is -2.23. The summed E-state index contributed by atoms with van der Waals surface area (Å²) in [4.78, 5) is 16.1. The van der Waals surface area contributed by atoms with E-state index in [9.17, 15) is 9.90 Å². The van der Waals surface area contributed by atoms with Gasteiger partial charge in [-0.15, -0.1) is 5.10 Å². The van der Waals surface area contributed by atoms with Crippen LogP contribution in [0.5, 0.6) is 0 Å². The van der Waals surface area contributed by atoms with Crippen molar-refractivity contribution in [3.8, 4) is 0 Å². The van der Waals surface area contributed by atoms with Gasteiger partial charge in [-0.3, -0.25) is 4.79 Å². The highest BCUT2D eigenvalue weighted by Crippen LogP contribution is 2.31. The molecule has 0 radical (unpaired) electrons. The molecule has 2 N–H and O–H groups in total. The molecule has 0 fully saturated rings. The lowest BCUT2D eigenvalue weighted by molar-refractivity contribution is -0.870. The molecule has 8 heteroatoms. The quantitative estimate of drug-likeness (QED) is 0.453. The second kappa shape index (κ2) is 7.54. The zero-order valence-electron chi connectivity index (χ0n) is 15.6. The molecular formula is C19H23ClN5O2+. The molecule has 0 saturated carbocycles. The molecule has 0 aliphatic heterocycles. The van der Waals surface area contributed by atoms with Gasteiger partial charge in [0.05, 0.1) is 38.2 Å². The van der Waals surface area contributed by atoms with E-state index in [-0.39, 0.29) is 16.5 Å². The fourth-order valence-corrected chi connectivity index (χ4v) is 2.88. The van der Waals surface area contributed by atoms with Crippen molar-refractivity contribution in [1.82, 2.24) is 9.61 Å². The summed E-state index contributed by atoms with van der Waals surface area (Å²) in [5, 5.41) is 18.0. The topological polar surface area (TPSA) is 79.0 Å². The molecule has 0 saturated heterocycles. The molecular weight excluding hydrogens is 366 g/mol. The number of carbonyl (C=O) groups excluding carboxylic acids is 1. The second-order valence-electron chi connectivity index (χ2n) is 7.41. The van der Waals surface area contributed by atoms with Gasteiger partial charge in [-0.25, -0.2) is 9.51 Å². The SMILES string of the molecule is C[N+](C)(C)CCCNc1nn2ccccc2c1/N=C1\C=C(Cl)C(=O)C=C1O. The third-order valence-corrected chi connectivity index (χ3v) is 4.37. The van der Waals surface area contributed by atoms with Gasteiger partial charge in [0, 0.05) is 25.2 Å². The number of rotatable bonds is 6. The third kappa shape index (κ3) is 4.56. The number of aliphatic imine (C=N–C) groups is 1. The molecule has 27 heavy (non-hydrogen) atoms. The number of nitrogens with one attached hydrogen (secondary N) is 1. The van der Waals surface area contributed by atoms with E-state index in [4.69, 9.17) is 11.6 Å². The number of anilines is 1. The number of hydrogen-bond donors (Lipinski definition) is 2. The van der Waals surface area contributed by atoms with Crippen LogP contribution >= 0.6 is 11.6 Å². The number of aliphatic hydroxyl groups excluding tert-OH is 1. The molecule has 0 amide bonds. The maximum Gasteiger partial charge on any atom is 0.201 e. The van der Waals surface area contributed by atoms with Crippen LogP contribution in [0.1, 0.15) is 6.42 Å². The zero-order chi connectivity index (χ0) is 19.6. The minimum absolute atomic E-state index is 0.0143. The maximum absolute atomic E-state index is 11.6. The molecule has 2 heterocycles. The Bertz CT molecular complexity index is 966. The molecule has 2 aromatic rings. The predicted molar refractivity (Wildman–Crippen MR) is 108 cm³/mol. The highest BCUT2D eigenvalue weighted by Gasteiger charge is 2.19. The Labute approximate surface area is 162 Å². The Balaban J connectivity index is 1.93. The van der Waals surface area contributed by atoms with Crippen LogP contribution in [0.3, 0.4) is 0 Å². The van der Waals surface area contributed by atoms with Crippen LogP contribution < -0.4 is 5.32 Å². The third-order valence-electron chi connectivity index (χ3n) is 4.07. The number of fused-ring (bicyclic) bond motifs is 1. The van der Waals surface area contributed by atoms with E-state index in [0.717, 1.165) is 35.6 Å². The number of aromatic nitrogens is 2. The highest BCUT2D eigenvalue weighted by molar-refractivity contribution is 6.47. The highest BCUT2D eigenvalue weighted by atomic mass is 35.5. The number of nitrogens with zero attached hydrogens (tertiary/aromatic N) is 4. The summed E-state index contributed by atoms with van der Waals surface area (Å²) in [6.07, 6.45) is 5.24. The van der Waals surface area contributed by atoms with Crippen LogP contribution in [-0.2, 0) is 4.79 Å². The number of ketones is 1. The van der Waals surface area contributed by atoms with Crippen molar-refractivity contribution in [2.45, 2.75) is 6.42 Å². The van der Waals surface area contributed by atoms with Gasteiger partial charge in [0.15, 0.2) is 5.82 Å². The van der Waals surface area contributed by atoms with E-state index in [1.165, 1.54) is 6.08 Å². The molecule has 0 unspecified atom stereocenters. The minimum Gasteiger partial charge on any atom is -0.506 e. The van der Waals surface area contributed by atoms with Crippen molar-refractivity contribution in [1.29, 1.82) is 0 Å². The number of hydrogen-bond acceptors (Lipinski definition) is 5. The van der Waals surface area contributed by atoms with Crippen molar-refractivity contribution in [3.05, 3.63) is 47.3 Å². The Morgan fingerprint density at radius 2 is 2.07 bits per heavy atom. The van der Waals surface area contributed by atoms with Crippen LogP contribution in [0, 0.1) is 0 Å². The van der Waals surface area contributed by atoms with Gasteiger partial charge < -0.3 is 14.9 Å². The van der Waals surface area contributed by atoms with Crippen molar-refractivity contribution < 1.29 is 14.4 Å². The number of allylic oxidation sites excluding steroid dienone is 3. The van der Waals surface area contributed by atoms with E-state index in [0.29, 0.717) is 11.5 Å². The smallest absolute Gasteiger partial charge is 0.201 e. The Morgan fingerprint density at radius 3 is 2.81 bits per heavy atom. The average Bonchev–Trinajstić information content (AvgIpc) is 2.93. The molecule has 0 aromatic carbocycles. The average molecular weight is 389 g/mol. The van der Waals surface area contributed by atoms with E-state index in [1.54, 1.807) is 4.52 Å². The summed E-state index contributed by atoms with van der Waals surface area (Å²) >= 11 is 5.91. The van der Waals surface area contributed by atoms with Crippen LogP contribution in [-0.4, -0.2) is 64.9 Å². The summed E-state index contributed by atoms with van der Waals surface area (Å²) in [7, 11) is 6.45. The Morgan fingerprint density at radius 1 is 1.30 bits per heavy atom. The molecule has 7 nitrogen and oxygen atoms in total. The molecule has 1 aliphatic rings. The molecule has 0 atom stereocenters. The van der Waals surface area contributed by atoms with Gasteiger partial charge >= 0.3 is 0 Å². The van der Waals surface area contributed by atoms with Gasteiger partial charge in [-0.1, -0.05) is 17.7 Å². The number of pyridine rings is 1. The fourth-order valence-electron chi connectivity index (χ4n) is 2.72. The number of aliphatic hydroxyl groups is 1. The molecule has 0 spiro atoms. The number of carbonyl (C=O) groups is 1. The fraction of sp³-hybridized carbons (Fsp3) is 0.316. The molecule has 1 aliphatic carbocycles. The van der Waals surface area contributed by atoms with Gasteiger partial charge in [0.25, 0.3) is 0 Å². The van der Waals surface area contributed by atoms with Crippen molar-refractivity contribution in [3.63, 3.8) is 0 Å². The van der Waals surface area contributed by atoms with Crippen molar-refractivity contribution in [2.24, 2.45) is 4.99 Å². The van der Waals surface area contributed by atoms with E-state index >= 15 is 0 Å². The summed E-state index contributed by atoms with van der Waals surface area (Å²) in [5.74, 6) is -0.0355. The first kappa shape index (κ1) is 19.1. The summed E-state index contributed by atoms with van der Waals surface area (Å²) in [6, 6.07) is 5.67. The lowest BCUT2D eigenvalue weighted by Crippen LogP contribution is -2.36. The lowest BCUT2D eigenvalue weighted by atomic mass is 10.1. The van der Waals surface area contributed by atoms with E-state index in [2.05, 4.69) is 36.6 Å². The largest absolute Gasteiger partial charge is 0.506 e.